The molecule has 1 aliphatic rings. The molecule has 2 rings (SSSR count). The third-order valence-corrected chi connectivity index (χ3v) is 3.66. The van der Waals surface area contributed by atoms with E-state index in [1.54, 1.807) is 4.90 Å². The fourth-order valence-corrected chi connectivity index (χ4v) is 2.86. The monoisotopic (exact) mass is 304 g/mol. The summed E-state index contributed by atoms with van der Waals surface area (Å²) in [6, 6.07) is 5.66. The molecule has 1 aromatic rings. The molecular weight excluding hydrogens is 280 g/mol. The Morgan fingerprint density at radius 1 is 1.14 bits per heavy atom. The van der Waals surface area contributed by atoms with E-state index in [0.717, 1.165) is 11.1 Å². The molecule has 1 saturated heterocycles. The average molecular weight is 304 g/mol. The molecule has 1 aliphatic heterocycles. The third kappa shape index (κ3) is 4.31. The van der Waals surface area contributed by atoms with Crippen molar-refractivity contribution < 1.29 is 14.3 Å². The predicted molar refractivity (Wildman–Crippen MR) is 84.8 cm³/mol. The van der Waals surface area contributed by atoms with E-state index >= 15 is 0 Å². The fraction of sp³-hybridized carbons (Fsp3) is 0.529. The van der Waals surface area contributed by atoms with Crippen molar-refractivity contribution >= 4 is 11.8 Å². The number of nitrogens with one attached hydrogen (secondary N) is 1. The van der Waals surface area contributed by atoms with E-state index in [1.165, 1.54) is 0 Å². The molecule has 2 unspecified atom stereocenters. The van der Waals surface area contributed by atoms with Gasteiger partial charge in [-0.05, 0) is 39.8 Å². The molecule has 5 nitrogen and oxygen atoms in total. The molecule has 0 bridgehead atoms. The molecule has 0 aliphatic carbocycles. The summed E-state index contributed by atoms with van der Waals surface area (Å²) in [4.78, 5) is 26.1. The van der Waals surface area contributed by atoms with Gasteiger partial charge in [-0.2, -0.15) is 0 Å². The van der Waals surface area contributed by atoms with E-state index in [9.17, 15) is 9.59 Å². The van der Waals surface area contributed by atoms with Crippen molar-refractivity contribution in [1.29, 1.82) is 0 Å². The third-order valence-electron chi connectivity index (χ3n) is 3.66. The van der Waals surface area contributed by atoms with Crippen LogP contribution in [0.15, 0.2) is 18.2 Å². The standard InChI is InChI=1S/C17H24N2O3/c1-11-5-12(2)7-15(6-11)17(21)18-8-16(20)19-9-13(3)22-14(4)10-19/h5-7,13-14H,8-10H2,1-4H3,(H,18,21). The minimum atomic E-state index is -0.213. The van der Waals surface area contributed by atoms with Crippen molar-refractivity contribution in [3.63, 3.8) is 0 Å². The van der Waals surface area contributed by atoms with Crippen molar-refractivity contribution in [2.24, 2.45) is 0 Å². The lowest BCUT2D eigenvalue weighted by atomic mass is 10.1. The Balaban J connectivity index is 1.91. The molecule has 22 heavy (non-hydrogen) atoms. The van der Waals surface area contributed by atoms with Crippen LogP contribution in [0.5, 0.6) is 0 Å². The maximum absolute atomic E-state index is 12.2. The zero-order valence-electron chi connectivity index (χ0n) is 13.7. The Bertz CT molecular complexity index is 541. The summed E-state index contributed by atoms with van der Waals surface area (Å²) < 4.78 is 5.61. The minimum absolute atomic E-state index is 0.0191. The molecule has 2 amide bonds. The van der Waals surface area contributed by atoms with Gasteiger partial charge >= 0.3 is 0 Å². The van der Waals surface area contributed by atoms with Crippen LogP contribution in [-0.2, 0) is 9.53 Å². The van der Waals surface area contributed by atoms with E-state index in [0.29, 0.717) is 18.7 Å². The van der Waals surface area contributed by atoms with Crippen molar-refractivity contribution in [2.45, 2.75) is 39.9 Å². The van der Waals surface area contributed by atoms with E-state index < -0.39 is 0 Å². The molecule has 5 heteroatoms. The number of nitrogens with zero attached hydrogens (tertiary/aromatic N) is 1. The summed E-state index contributed by atoms with van der Waals surface area (Å²) in [5.41, 5.74) is 2.66. The van der Waals surface area contributed by atoms with Gasteiger partial charge in [-0.3, -0.25) is 9.59 Å². The normalized spacial score (nSPS) is 21.5. The second-order valence-electron chi connectivity index (χ2n) is 6.12. The van der Waals surface area contributed by atoms with Crippen LogP contribution in [0, 0.1) is 13.8 Å². The highest BCUT2D eigenvalue weighted by molar-refractivity contribution is 5.96. The Labute approximate surface area is 131 Å². The highest BCUT2D eigenvalue weighted by atomic mass is 16.5. The Morgan fingerprint density at radius 3 is 2.23 bits per heavy atom. The van der Waals surface area contributed by atoms with Gasteiger partial charge in [0.05, 0.1) is 18.8 Å². The molecule has 1 aromatic carbocycles. The highest BCUT2D eigenvalue weighted by Crippen LogP contribution is 2.11. The smallest absolute Gasteiger partial charge is 0.251 e. The first-order valence-corrected chi connectivity index (χ1v) is 7.65. The van der Waals surface area contributed by atoms with Crippen LogP contribution in [-0.4, -0.2) is 48.6 Å². The number of aryl methyl sites for hydroxylation is 2. The second kappa shape index (κ2) is 6.92. The van der Waals surface area contributed by atoms with Crippen LogP contribution in [0.3, 0.4) is 0 Å². The van der Waals surface area contributed by atoms with Gasteiger partial charge in [0.1, 0.15) is 0 Å². The van der Waals surface area contributed by atoms with Crippen molar-refractivity contribution in [2.75, 3.05) is 19.6 Å². The quantitative estimate of drug-likeness (QED) is 0.924. The topological polar surface area (TPSA) is 58.6 Å². The minimum Gasteiger partial charge on any atom is -0.372 e. The number of carbonyl (C=O) groups excluding carboxylic acids is 2. The summed E-state index contributed by atoms with van der Waals surface area (Å²) in [5, 5.41) is 2.71. The number of benzene rings is 1. The summed E-state index contributed by atoms with van der Waals surface area (Å²) in [6.45, 7) is 8.96. The van der Waals surface area contributed by atoms with Crippen molar-refractivity contribution in [1.82, 2.24) is 10.2 Å². The van der Waals surface area contributed by atoms with E-state index in [4.69, 9.17) is 4.74 Å². The lowest BCUT2D eigenvalue weighted by molar-refractivity contribution is -0.142. The number of carbonyl (C=O) groups is 2. The largest absolute Gasteiger partial charge is 0.372 e. The molecule has 1 N–H and O–H groups in total. The first-order chi connectivity index (χ1) is 10.3. The number of hydrogen-bond donors (Lipinski definition) is 1. The summed E-state index contributed by atoms with van der Waals surface area (Å²) in [7, 11) is 0. The van der Waals surface area contributed by atoms with Gasteiger partial charge < -0.3 is 15.0 Å². The Morgan fingerprint density at radius 2 is 1.68 bits per heavy atom. The molecular formula is C17H24N2O3. The van der Waals surface area contributed by atoms with Gasteiger partial charge in [0, 0.05) is 18.7 Å². The van der Waals surface area contributed by atoms with Crippen LogP contribution >= 0.6 is 0 Å². The van der Waals surface area contributed by atoms with Gasteiger partial charge in [0.25, 0.3) is 5.91 Å². The molecule has 2 atom stereocenters. The molecule has 0 aromatic heterocycles. The summed E-state index contributed by atoms with van der Waals surface area (Å²) in [5.74, 6) is -0.283. The maximum Gasteiger partial charge on any atom is 0.251 e. The molecule has 0 saturated carbocycles. The number of ether oxygens (including phenoxy) is 1. The van der Waals surface area contributed by atoms with Crippen LogP contribution in [0.1, 0.15) is 35.3 Å². The van der Waals surface area contributed by atoms with Crippen molar-refractivity contribution in [3.05, 3.63) is 34.9 Å². The lowest BCUT2D eigenvalue weighted by Crippen LogP contribution is -2.51. The Hall–Kier alpha value is -1.88. The molecule has 120 valence electrons. The summed E-state index contributed by atoms with van der Waals surface area (Å²) >= 11 is 0. The van der Waals surface area contributed by atoms with Crippen LogP contribution in [0.2, 0.25) is 0 Å². The van der Waals surface area contributed by atoms with Gasteiger partial charge in [0.2, 0.25) is 5.91 Å². The fourth-order valence-electron chi connectivity index (χ4n) is 2.86. The molecule has 0 radical (unpaired) electrons. The lowest BCUT2D eigenvalue weighted by Gasteiger charge is -2.35. The number of morpholine rings is 1. The zero-order valence-corrected chi connectivity index (χ0v) is 13.7. The number of hydrogen-bond acceptors (Lipinski definition) is 3. The highest BCUT2D eigenvalue weighted by Gasteiger charge is 2.25. The second-order valence-corrected chi connectivity index (χ2v) is 6.12. The van der Waals surface area contributed by atoms with E-state index in [2.05, 4.69) is 5.32 Å². The van der Waals surface area contributed by atoms with Crippen molar-refractivity contribution in [3.8, 4) is 0 Å². The van der Waals surface area contributed by atoms with Gasteiger partial charge in [0.15, 0.2) is 0 Å². The molecule has 1 heterocycles. The van der Waals surface area contributed by atoms with Gasteiger partial charge in [-0.25, -0.2) is 0 Å². The maximum atomic E-state index is 12.2. The molecule has 1 fully saturated rings. The van der Waals surface area contributed by atoms with Gasteiger partial charge in [-0.1, -0.05) is 17.2 Å². The van der Waals surface area contributed by atoms with Crippen LogP contribution in [0.25, 0.3) is 0 Å². The Kier molecular flexibility index (Phi) is 5.19. The summed E-state index contributed by atoms with van der Waals surface area (Å²) in [6.07, 6.45) is 0.0608. The van der Waals surface area contributed by atoms with Crippen LogP contribution in [0.4, 0.5) is 0 Å². The zero-order chi connectivity index (χ0) is 16.3. The van der Waals surface area contributed by atoms with E-state index in [1.807, 2.05) is 45.9 Å². The number of rotatable bonds is 3. The van der Waals surface area contributed by atoms with Crippen LogP contribution < -0.4 is 5.32 Å². The number of amides is 2. The SMILES string of the molecule is Cc1cc(C)cc(C(=O)NCC(=O)N2CC(C)OC(C)C2)c1. The predicted octanol–water partition coefficient (Wildman–Crippen LogP) is 1.67. The average Bonchev–Trinajstić information content (AvgIpc) is 2.42. The van der Waals surface area contributed by atoms with Gasteiger partial charge in [-0.15, -0.1) is 0 Å². The van der Waals surface area contributed by atoms with E-state index in [-0.39, 0.29) is 30.6 Å². The molecule has 0 spiro atoms. The first-order valence-electron chi connectivity index (χ1n) is 7.65. The first kappa shape index (κ1) is 16.5.